The maximum absolute atomic E-state index is 12.8. The van der Waals surface area contributed by atoms with Crippen molar-refractivity contribution in [1.29, 1.82) is 0 Å². The van der Waals surface area contributed by atoms with E-state index in [4.69, 9.17) is 5.73 Å². The second-order valence-corrected chi connectivity index (χ2v) is 6.93. The lowest BCUT2D eigenvalue weighted by atomic mass is 10.0. The van der Waals surface area contributed by atoms with Gasteiger partial charge in [-0.1, -0.05) is 36.4 Å². The molecule has 0 radical (unpaired) electrons. The molecule has 2 heterocycles. The number of nitrogens with one attached hydrogen (secondary N) is 1. The van der Waals surface area contributed by atoms with Crippen LogP contribution in [0.4, 0.5) is 0 Å². The quantitative estimate of drug-likeness (QED) is 0.605. The van der Waals surface area contributed by atoms with Gasteiger partial charge in [0.1, 0.15) is 11.7 Å². The molecule has 1 atom stereocenters. The summed E-state index contributed by atoms with van der Waals surface area (Å²) in [5.41, 5.74) is 6.82. The summed E-state index contributed by atoms with van der Waals surface area (Å²) < 4.78 is 1.53. The second-order valence-electron chi connectivity index (χ2n) is 5.99. The Kier molecular flexibility index (Phi) is 5.46. The van der Waals surface area contributed by atoms with E-state index in [2.05, 4.69) is 10.4 Å². The summed E-state index contributed by atoms with van der Waals surface area (Å²) >= 11 is 1.46. The molecule has 0 aliphatic rings. The first kappa shape index (κ1) is 18.5. The van der Waals surface area contributed by atoms with Gasteiger partial charge in [0.05, 0.1) is 10.4 Å². The molecule has 0 aliphatic heterocycles. The number of hydrogen-bond donors (Lipinski definition) is 2. The lowest BCUT2D eigenvalue weighted by Crippen LogP contribution is -2.47. The number of carbonyl (C=O) groups excluding carboxylic acids is 3. The summed E-state index contributed by atoms with van der Waals surface area (Å²) in [6.07, 6.45) is 1.75. The minimum absolute atomic E-state index is 0.170. The Bertz CT molecular complexity index is 964. The maximum Gasteiger partial charge on any atom is 0.287 e. The van der Waals surface area contributed by atoms with Gasteiger partial charge in [0.15, 0.2) is 0 Å². The molecule has 0 fully saturated rings. The number of primary amides is 1. The first-order chi connectivity index (χ1) is 13.0. The van der Waals surface area contributed by atoms with Crippen molar-refractivity contribution in [1.82, 2.24) is 15.1 Å². The number of Topliss-reactive ketones (excluding diaryl/α,β-unsaturated/α-hetero) is 1. The molecule has 27 heavy (non-hydrogen) atoms. The molecule has 3 rings (SSSR count). The number of nitrogens with two attached hydrogens (primary N) is 1. The van der Waals surface area contributed by atoms with Crippen LogP contribution in [-0.2, 0) is 23.1 Å². The lowest BCUT2D eigenvalue weighted by Gasteiger charge is -2.16. The van der Waals surface area contributed by atoms with Crippen molar-refractivity contribution in [2.45, 2.75) is 12.5 Å². The van der Waals surface area contributed by atoms with Gasteiger partial charge in [-0.3, -0.25) is 19.1 Å². The second kappa shape index (κ2) is 7.96. The first-order valence-corrected chi connectivity index (χ1v) is 9.09. The molecular formula is C19H18N4O3S. The van der Waals surface area contributed by atoms with E-state index in [9.17, 15) is 14.4 Å². The van der Waals surface area contributed by atoms with E-state index >= 15 is 0 Å². The zero-order chi connectivity index (χ0) is 19.4. The van der Waals surface area contributed by atoms with Crippen LogP contribution in [0.3, 0.4) is 0 Å². The molecule has 1 aromatic carbocycles. The van der Waals surface area contributed by atoms with Crippen molar-refractivity contribution in [3.63, 3.8) is 0 Å². The molecular weight excluding hydrogens is 364 g/mol. The Morgan fingerprint density at radius 3 is 2.56 bits per heavy atom. The van der Waals surface area contributed by atoms with Gasteiger partial charge in [-0.15, -0.1) is 11.3 Å². The monoisotopic (exact) mass is 382 g/mol. The van der Waals surface area contributed by atoms with Crippen LogP contribution in [0.25, 0.3) is 10.6 Å². The van der Waals surface area contributed by atoms with E-state index in [1.54, 1.807) is 13.2 Å². The van der Waals surface area contributed by atoms with Crippen molar-refractivity contribution in [3.05, 3.63) is 65.2 Å². The van der Waals surface area contributed by atoms with Gasteiger partial charge in [0, 0.05) is 19.7 Å². The van der Waals surface area contributed by atoms with Crippen LogP contribution in [0.15, 0.2) is 54.0 Å². The van der Waals surface area contributed by atoms with Crippen molar-refractivity contribution in [2.75, 3.05) is 0 Å². The molecule has 3 N–H and O–H groups in total. The van der Waals surface area contributed by atoms with E-state index in [-0.39, 0.29) is 6.42 Å². The average Bonchev–Trinajstić information content (AvgIpc) is 3.30. The fourth-order valence-electron chi connectivity index (χ4n) is 2.72. The largest absolute Gasteiger partial charge is 0.363 e. The number of hydrogen-bond acceptors (Lipinski definition) is 5. The van der Waals surface area contributed by atoms with Crippen LogP contribution in [0, 0.1) is 0 Å². The minimum atomic E-state index is -1.08. The highest BCUT2D eigenvalue weighted by Crippen LogP contribution is 2.26. The summed E-state index contributed by atoms with van der Waals surface area (Å²) in [4.78, 5) is 37.3. The SMILES string of the molecule is Cn1cc(C(=O)NC(Cc2ccccc2)C(=O)C(N)=O)c(-c2cccs2)n1. The molecule has 0 bridgehead atoms. The number of ketones is 1. The van der Waals surface area contributed by atoms with Crippen molar-refractivity contribution >= 4 is 28.9 Å². The molecule has 0 saturated carbocycles. The summed E-state index contributed by atoms with van der Waals surface area (Å²) in [5.74, 6) is -2.41. The Morgan fingerprint density at radius 1 is 1.19 bits per heavy atom. The predicted octanol–water partition coefficient (Wildman–Crippen LogP) is 1.54. The fourth-order valence-corrected chi connectivity index (χ4v) is 3.44. The van der Waals surface area contributed by atoms with Gasteiger partial charge in [0.2, 0.25) is 5.78 Å². The Morgan fingerprint density at radius 2 is 1.93 bits per heavy atom. The number of benzene rings is 1. The Labute approximate surface area is 159 Å². The van der Waals surface area contributed by atoms with E-state index in [0.717, 1.165) is 10.4 Å². The molecule has 2 amide bonds. The molecule has 0 aliphatic carbocycles. The highest BCUT2D eigenvalue weighted by molar-refractivity contribution is 7.13. The van der Waals surface area contributed by atoms with Crippen LogP contribution in [0.1, 0.15) is 15.9 Å². The molecule has 3 aromatic rings. The van der Waals surface area contributed by atoms with Crippen LogP contribution < -0.4 is 11.1 Å². The van der Waals surface area contributed by atoms with E-state index in [0.29, 0.717) is 11.3 Å². The fraction of sp³-hybridized carbons (Fsp3) is 0.158. The van der Waals surface area contributed by atoms with Gasteiger partial charge in [-0.2, -0.15) is 5.10 Å². The Hall–Kier alpha value is -3.26. The summed E-state index contributed by atoms with van der Waals surface area (Å²) in [5, 5.41) is 8.87. The van der Waals surface area contributed by atoms with Crippen molar-refractivity contribution in [3.8, 4) is 10.6 Å². The molecule has 7 nitrogen and oxygen atoms in total. The van der Waals surface area contributed by atoms with Gasteiger partial charge in [0.25, 0.3) is 11.8 Å². The van der Waals surface area contributed by atoms with Gasteiger partial charge in [-0.25, -0.2) is 0 Å². The molecule has 8 heteroatoms. The number of nitrogens with zero attached hydrogens (tertiary/aromatic N) is 2. The maximum atomic E-state index is 12.8. The number of aryl methyl sites for hydroxylation is 1. The third-order valence-corrected chi connectivity index (χ3v) is 4.85. The van der Waals surface area contributed by atoms with E-state index in [1.165, 1.54) is 16.0 Å². The van der Waals surface area contributed by atoms with Crippen LogP contribution in [0.2, 0.25) is 0 Å². The lowest BCUT2D eigenvalue weighted by molar-refractivity contribution is -0.137. The highest BCUT2D eigenvalue weighted by Gasteiger charge is 2.27. The zero-order valence-corrected chi connectivity index (χ0v) is 15.4. The number of amides is 2. The van der Waals surface area contributed by atoms with Crippen LogP contribution in [-0.4, -0.2) is 33.4 Å². The molecule has 0 spiro atoms. The predicted molar refractivity (Wildman–Crippen MR) is 102 cm³/mol. The number of thiophene rings is 1. The van der Waals surface area contributed by atoms with Crippen LogP contribution in [0.5, 0.6) is 0 Å². The van der Waals surface area contributed by atoms with Gasteiger partial charge >= 0.3 is 0 Å². The molecule has 0 saturated heterocycles. The Balaban J connectivity index is 1.87. The topological polar surface area (TPSA) is 107 Å². The third-order valence-electron chi connectivity index (χ3n) is 3.98. The van der Waals surface area contributed by atoms with Gasteiger partial charge in [-0.05, 0) is 17.0 Å². The number of aromatic nitrogens is 2. The minimum Gasteiger partial charge on any atom is -0.363 e. The van der Waals surface area contributed by atoms with Crippen molar-refractivity contribution < 1.29 is 14.4 Å². The molecule has 2 aromatic heterocycles. The molecule has 1 unspecified atom stereocenters. The summed E-state index contributed by atoms with van der Waals surface area (Å²) in [6, 6.07) is 11.8. The number of carbonyl (C=O) groups is 3. The van der Waals surface area contributed by atoms with Crippen molar-refractivity contribution in [2.24, 2.45) is 12.8 Å². The third kappa shape index (κ3) is 4.29. The van der Waals surface area contributed by atoms with E-state index < -0.39 is 23.6 Å². The van der Waals surface area contributed by atoms with Crippen LogP contribution >= 0.6 is 11.3 Å². The number of rotatable bonds is 7. The zero-order valence-electron chi connectivity index (χ0n) is 14.6. The molecule has 138 valence electrons. The first-order valence-electron chi connectivity index (χ1n) is 8.21. The highest BCUT2D eigenvalue weighted by atomic mass is 32.1. The standard InChI is InChI=1S/C19H18N4O3S/c1-23-11-13(16(22-23)15-8-5-9-27-15)19(26)21-14(17(24)18(20)25)10-12-6-3-2-4-7-12/h2-9,11,14H,10H2,1H3,(H2,20,25)(H,21,26). The smallest absolute Gasteiger partial charge is 0.287 e. The van der Waals surface area contributed by atoms with E-state index in [1.807, 2.05) is 47.8 Å². The average molecular weight is 382 g/mol. The van der Waals surface area contributed by atoms with Gasteiger partial charge < -0.3 is 11.1 Å². The normalized spacial score (nSPS) is 11.7. The summed E-state index contributed by atoms with van der Waals surface area (Å²) in [7, 11) is 1.71. The summed E-state index contributed by atoms with van der Waals surface area (Å²) in [6.45, 7) is 0.